The van der Waals surface area contributed by atoms with Crippen LogP contribution in [0, 0.1) is 5.92 Å². The highest BCUT2D eigenvalue weighted by Crippen LogP contribution is 2.25. The Morgan fingerprint density at radius 1 is 0.938 bits per heavy atom. The van der Waals surface area contributed by atoms with E-state index in [0.717, 1.165) is 12.5 Å². The van der Waals surface area contributed by atoms with Gasteiger partial charge >= 0.3 is 0 Å². The van der Waals surface area contributed by atoms with Gasteiger partial charge in [0.1, 0.15) is 0 Å². The fourth-order valence-electron chi connectivity index (χ4n) is 2.99. The van der Waals surface area contributed by atoms with Gasteiger partial charge in [-0.2, -0.15) is 0 Å². The fourth-order valence-corrected chi connectivity index (χ4v) is 2.99. The van der Waals surface area contributed by atoms with E-state index < -0.39 is 0 Å². The van der Waals surface area contributed by atoms with E-state index in [4.69, 9.17) is 5.73 Å². The molecule has 1 heterocycles. The number of hydrogen-bond donors (Lipinski definition) is 1. The van der Waals surface area contributed by atoms with Crippen molar-refractivity contribution in [2.24, 2.45) is 11.7 Å². The van der Waals surface area contributed by atoms with Gasteiger partial charge in [0.2, 0.25) is 0 Å². The average molecular weight is 269 g/mol. The second kappa shape index (κ2) is 8.57. The molecule has 1 saturated heterocycles. The van der Waals surface area contributed by atoms with Crippen LogP contribution in [0.15, 0.2) is 0 Å². The third kappa shape index (κ3) is 5.22. The molecule has 16 heavy (non-hydrogen) atoms. The lowest BCUT2D eigenvalue weighted by Crippen LogP contribution is -2.44. The van der Waals surface area contributed by atoms with Crippen molar-refractivity contribution in [1.29, 1.82) is 0 Å². The zero-order valence-electron chi connectivity index (χ0n) is 10.1. The maximum atomic E-state index is 5.99. The van der Waals surface area contributed by atoms with E-state index in [1.165, 1.54) is 58.0 Å². The van der Waals surface area contributed by atoms with Gasteiger partial charge in [-0.15, -0.1) is 24.8 Å². The monoisotopic (exact) mass is 268 g/mol. The number of piperidine rings is 1. The first kappa shape index (κ1) is 16.5. The minimum Gasteiger partial charge on any atom is -0.327 e. The van der Waals surface area contributed by atoms with Crippen LogP contribution in [0.3, 0.4) is 0 Å². The normalized spacial score (nSPS) is 27.9. The van der Waals surface area contributed by atoms with Crippen molar-refractivity contribution in [2.75, 3.05) is 19.6 Å². The summed E-state index contributed by atoms with van der Waals surface area (Å²) in [6.45, 7) is 3.77. The maximum Gasteiger partial charge on any atom is 0.0168 e. The van der Waals surface area contributed by atoms with Crippen LogP contribution < -0.4 is 5.73 Å². The number of rotatable bonds is 2. The average Bonchev–Trinajstić information content (AvgIpc) is 2.19. The quantitative estimate of drug-likeness (QED) is 0.835. The Kier molecular flexibility index (Phi) is 8.84. The molecule has 0 radical (unpaired) electrons. The Balaban J connectivity index is 0.00000112. The number of likely N-dealkylation sites (tertiary alicyclic amines) is 1. The third-order valence-electron chi connectivity index (χ3n) is 3.78. The van der Waals surface area contributed by atoms with Gasteiger partial charge in [0.05, 0.1) is 0 Å². The molecule has 4 heteroatoms. The van der Waals surface area contributed by atoms with Crippen LogP contribution in [-0.2, 0) is 0 Å². The largest absolute Gasteiger partial charge is 0.327 e. The van der Waals surface area contributed by atoms with E-state index >= 15 is 0 Å². The zero-order valence-corrected chi connectivity index (χ0v) is 11.7. The molecule has 1 unspecified atom stereocenters. The van der Waals surface area contributed by atoms with Crippen molar-refractivity contribution >= 4 is 24.8 Å². The number of hydrogen-bond acceptors (Lipinski definition) is 2. The molecule has 0 spiro atoms. The van der Waals surface area contributed by atoms with E-state index in [1.807, 2.05) is 0 Å². The molecule has 0 bridgehead atoms. The van der Waals surface area contributed by atoms with Crippen LogP contribution >= 0.6 is 24.8 Å². The predicted molar refractivity (Wildman–Crippen MR) is 74.7 cm³/mol. The zero-order chi connectivity index (χ0) is 9.80. The van der Waals surface area contributed by atoms with E-state index in [1.54, 1.807) is 0 Å². The first-order valence-electron chi connectivity index (χ1n) is 6.32. The van der Waals surface area contributed by atoms with Crippen LogP contribution in [0.25, 0.3) is 0 Å². The van der Waals surface area contributed by atoms with Crippen LogP contribution in [0.1, 0.15) is 44.9 Å². The molecule has 1 saturated carbocycles. The van der Waals surface area contributed by atoms with E-state index in [2.05, 4.69) is 4.90 Å². The Bertz CT molecular complexity index is 172. The summed E-state index contributed by atoms with van der Waals surface area (Å²) in [7, 11) is 0. The maximum absolute atomic E-state index is 5.99. The molecule has 2 aliphatic rings. The molecule has 98 valence electrons. The lowest BCUT2D eigenvalue weighted by atomic mass is 9.88. The topological polar surface area (TPSA) is 29.3 Å². The van der Waals surface area contributed by atoms with Crippen molar-refractivity contribution in [2.45, 2.75) is 51.0 Å². The van der Waals surface area contributed by atoms with Crippen molar-refractivity contribution in [3.8, 4) is 0 Å². The molecular formula is C12H26Cl2N2. The van der Waals surface area contributed by atoms with E-state index in [0.29, 0.717) is 6.04 Å². The summed E-state index contributed by atoms with van der Waals surface area (Å²) in [5.74, 6) is 0.981. The number of nitrogens with zero attached hydrogens (tertiary/aromatic N) is 1. The van der Waals surface area contributed by atoms with Crippen molar-refractivity contribution in [3.05, 3.63) is 0 Å². The summed E-state index contributed by atoms with van der Waals surface area (Å²) in [4.78, 5) is 2.60. The molecular weight excluding hydrogens is 243 g/mol. The first-order chi connectivity index (χ1) is 6.84. The second-order valence-corrected chi connectivity index (χ2v) is 5.17. The molecule has 0 aromatic carbocycles. The minimum atomic E-state index is 0. The lowest BCUT2D eigenvalue weighted by molar-refractivity contribution is 0.161. The first-order valence-corrected chi connectivity index (χ1v) is 6.32. The predicted octanol–water partition coefficient (Wildman–Crippen LogP) is 2.83. The minimum absolute atomic E-state index is 0. The molecule has 0 amide bonds. The summed E-state index contributed by atoms with van der Waals surface area (Å²) < 4.78 is 0. The number of halogens is 2. The highest BCUT2D eigenvalue weighted by molar-refractivity contribution is 5.85. The third-order valence-corrected chi connectivity index (χ3v) is 3.78. The van der Waals surface area contributed by atoms with Gasteiger partial charge in [0, 0.05) is 19.1 Å². The van der Waals surface area contributed by atoms with Crippen molar-refractivity contribution in [3.63, 3.8) is 0 Å². The highest BCUT2D eigenvalue weighted by Gasteiger charge is 2.21. The van der Waals surface area contributed by atoms with Crippen LogP contribution in [0.5, 0.6) is 0 Å². The SMILES string of the molecule is Cl.Cl.NC1CCCN(CC2CCCCC2)C1. The number of nitrogens with two attached hydrogens (primary N) is 1. The van der Waals surface area contributed by atoms with Gasteiger partial charge in [-0.05, 0) is 38.1 Å². The van der Waals surface area contributed by atoms with Crippen LogP contribution in [-0.4, -0.2) is 30.6 Å². The summed E-state index contributed by atoms with van der Waals surface area (Å²) in [5.41, 5.74) is 5.99. The molecule has 2 rings (SSSR count). The Labute approximate surface area is 112 Å². The van der Waals surface area contributed by atoms with Crippen molar-refractivity contribution < 1.29 is 0 Å². The summed E-state index contributed by atoms with van der Waals surface area (Å²) in [5, 5.41) is 0. The van der Waals surface area contributed by atoms with Gasteiger partial charge in [-0.25, -0.2) is 0 Å². The lowest BCUT2D eigenvalue weighted by Gasteiger charge is -2.34. The molecule has 0 aromatic rings. The van der Waals surface area contributed by atoms with Crippen LogP contribution in [0.2, 0.25) is 0 Å². The fraction of sp³-hybridized carbons (Fsp3) is 1.00. The molecule has 1 aliphatic carbocycles. The van der Waals surface area contributed by atoms with Gasteiger partial charge < -0.3 is 10.6 Å². The Morgan fingerprint density at radius 2 is 1.62 bits per heavy atom. The van der Waals surface area contributed by atoms with Crippen molar-refractivity contribution in [1.82, 2.24) is 4.90 Å². The summed E-state index contributed by atoms with van der Waals surface area (Å²) in [6, 6.07) is 0.451. The van der Waals surface area contributed by atoms with Crippen LogP contribution in [0.4, 0.5) is 0 Å². The standard InChI is InChI=1S/C12H24N2.2ClH/c13-12-7-4-8-14(10-12)9-11-5-2-1-3-6-11;;/h11-12H,1-10,13H2;2*1H. The van der Waals surface area contributed by atoms with Gasteiger partial charge in [0.25, 0.3) is 0 Å². The summed E-state index contributed by atoms with van der Waals surface area (Å²) in [6.07, 6.45) is 9.87. The molecule has 2 nitrogen and oxygen atoms in total. The highest BCUT2D eigenvalue weighted by atomic mass is 35.5. The smallest absolute Gasteiger partial charge is 0.0168 e. The second-order valence-electron chi connectivity index (χ2n) is 5.17. The molecule has 2 N–H and O–H groups in total. The molecule has 2 fully saturated rings. The van der Waals surface area contributed by atoms with Gasteiger partial charge in [-0.1, -0.05) is 19.3 Å². The van der Waals surface area contributed by atoms with E-state index in [9.17, 15) is 0 Å². The van der Waals surface area contributed by atoms with Gasteiger partial charge in [0.15, 0.2) is 0 Å². The molecule has 1 atom stereocenters. The molecule has 1 aliphatic heterocycles. The van der Waals surface area contributed by atoms with E-state index in [-0.39, 0.29) is 24.8 Å². The molecule has 0 aromatic heterocycles. The Hall–Kier alpha value is 0.500. The Morgan fingerprint density at radius 3 is 2.25 bits per heavy atom. The summed E-state index contributed by atoms with van der Waals surface area (Å²) >= 11 is 0. The van der Waals surface area contributed by atoms with Gasteiger partial charge in [-0.3, -0.25) is 0 Å².